The summed E-state index contributed by atoms with van der Waals surface area (Å²) in [7, 11) is 0. The number of aromatic nitrogens is 1. The van der Waals surface area contributed by atoms with E-state index in [0.717, 1.165) is 17.1 Å². The Labute approximate surface area is 87.8 Å². The van der Waals surface area contributed by atoms with Crippen LogP contribution in [0, 0.1) is 6.92 Å². The summed E-state index contributed by atoms with van der Waals surface area (Å²) in [5, 5.41) is 12.2. The molecule has 1 atom stereocenters. The summed E-state index contributed by atoms with van der Waals surface area (Å²) < 4.78 is 0. The van der Waals surface area contributed by atoms with Crippen LogP contribution >= 0.6 is 11.3 Å². The normalized spacial score (nSPS) is 12.8. The minimum Gasteiger partial charge on any atom is -0.385 e. The Morgan fingerprint density at radius 2 is 2.43 bits per heavy atom. The molecule has 3 nitrogen and oxygen atoms in total. The van der Waals surface area contributed by atoms with E-state index >= 15 is 0 Å². The predicted molar refractivity (Wildman–Crippen MR) is 56.5 cm³/mol. The highest BCUT2D eigenvalue weighted by Gasteiger charge is 2.15. The number of carbonyl (C=O) groups excluding carboxylic acids is 1. The lowest BCUT2D eigenvalue weighted by molar-refractivity contribution is -0.126. The number of thiazole rings is 1. The average molecular weight is 213 g/mol. The van der Waals surface area contributed by atoms with Crippen LogP contribution in [0.5, 0.6) is 0 Å². The van der Waals surface area contributed by atoms with Gasteiger partial charge in [0.2, 0.25) is 0 Å². The molecule has 0 radical (unpaired) electrons. The highest BCUT2D eigenvalue weighted by Crippen LogP contribution is 2.10. The molecule has 14 heavy (non-hydrogen) atoms. The molecule has 0 saturated carbocycles. The SMILES string of the molecule is CCCC(O)C(=O)Cc1csc(C)n1. The molecule has 0 aromatic carbocycles. The Balaban J connectivity index is 2.48. The Kier molecular flexibility index (Phi) is 4.22. The van der Waals surface area contributed by atoms with Gasteiger partial charge in [0.05, 0.1) is 17.1 Å². The van der Waals surface area contributed by atoms with Gasteiger partial charge in [-0.2, -0.15) is 0 Å². The Hall–Kier alpha value is -0.740. The standard InChI is InChI=1S/C10H15NO2S/c1-3-4-9(12)10(13)5-8-6-14-7(2)11-8/h6,9,12H,3-5H2,1-2H3. The Bertz CT molecular complexity index is 309. The van der Waals surface area contributed by atoms with Crippen LogP contribution in [-0.4, -0.2) is 22.0 Å². The van der Waals surface area contributed by atoms with Crippen molar-refractivity contribution in [2.45, 2.75) is 39.2 Å². The summed E-state index contributed by atoms with van der Waals surface area (Å²) in [6, 6.07) is 0. The number of aryl methyl sites for hydroxylation is 1. The van der Waals surface area contributed by atoms with Gasteiger partial charge in [-0.25, -0.2) is 4.98 Å². The van der Waals surface area contributed by atoms with Gasteiger partial charge in [-0.3, -0.25) is 4.79 Å². The van der Waals surface area contributed by atoms with E-state index in [1.165, 1.54) is 11.3 Å². The molecule has 4 heteroatoms. The number of nitrogens with zero attached hydrogens (tertiary/aromatic N) is 1. The molecule has 0 aliphatic rings. The molecule has 0 fully saturated rings. The van der Waals surface area contributed by atoms with E-state index in [-0.39, 0.29) is 12.2 Å². The number of hydrogen-bond acceptors (Lipinski definition) is 4. The van der Waals surface area contributed by atoms with Crippen molar-refractivity contribution < 1.29 is 9.90 Å². The summed E-state index contributed by atoms with van der Waals surface area (Å²) >= 11 is 1.53. The fourth-order valence-electron chi connectivity index (χ4n) is 1.22. The molecule has 1 N–H and O–H groups in total. The molecular formula is C10H15NO2S. The molecule has 1 rings (SSSR count). The van der Waals surface area contributed by atoms with Gasteiger partial charge in [-0.15, -0.1) is 11.3 Å². The molecular weight excluding hydrogens is 198 g/mol. The lowest BCUT2D eigenvalue weighted by Gasteiger charge is -2.05. The third-order valence-corrected chi connectivity index (χ3v) is 2.78. The molecule has 1 aromatic rings. The number of hydrogen-bond donors (Lipinski definition) is 1. The minimum atomic E-state index is -0.818. The van der Waals surface area contributed by atoms with Crippen LogP contribution < -0.4 is 0 Å². The summed E-state index contributed by atoms with van der Waals surface area (Å²) in [6.07, 6.45) is 0.804. The Morgan fingerprint density at radius 1 is 1.71 bits per heavy atom. The van der Waals surface area contributed by atoms with E-state index in [9.17, 15) is 9.90 Å². The van der Waals surface area contributed by atoms with Gasteiger partial charge in [0.1, 0.15) is 6.10 Å². The molecule has 1 aromatic heterocycles. The summed E-state index contributed by atoms with van der Waals surface area (Å²) in [5.41, 5.74) is 0.771. The lowest BCUT2D eigenvalue weighted by Crippen LogP contribution is -2.22. The van der Waals surface area contributed by atoms with Crippen LogP contribution in [0.1, 0.15) is 30.5 Å². The zero-order valence-corrected chi connectivity index (χ0v) is 9.30. The highest BCUT2D eigenvalue weighted by atomic mass is 32.1. The van der Waals surface area contributed by atoms with Gasteiger partial charge in [-0.05, 0) is 13.3 Å². The van der Waals surface area contributed by atoms with E-state index < -0.39 is 6.10 Å². The zero-order chi connectivity index (χ0) is 10.6. The minimum absolute atomic E-state index is 0.128. The van der Waals surface area contributed by atoms with Gasteiger partial charge in [0, 0.05) is 5.38 Å². The second kappa shape index (κ2) is 5.22. The molecule has 0 saturated heterocycles. The number of carbonyl (C=O) groups is 1. The molecule has 0 bridgehead atoms. The molecule has 0 aliphatic heterocycles. The third kappa shape index (κ3) is 3.20. The van der Waals surface area contributed by atoms with Crippen LogP contribution in [0.3, 0.4) is 0 Å². The van der Waals surface area contributed by atoms with E-state index in [0.29, 0.717) is 6.42 Å². The average Bonchev–Trinajstić information content (AvgIpc) is 2.51. The van der Waals surface area contributed by atoms with Crippen molar-refractivity contribution in [3.8, 4) is 0 Å². The first kappa shape index (κ1) is 11.3. The molecule has 1 unspecified atom stereocenters. The zero-order valence-electron chi connectivity index (χ0n) is 8.49. The van der Waals surface area contributed by atoms with E-state index in [2.05, 4.69) is 4.98 Å². The fraction of sp³-hybridized carbons (Fsp3) is 0.600. The maximum absolute atomic E-state index is 11.4. The van der Waals surface area contributed by atoms with Gasteiger partial charge in [0.15, 0.2) is 5.78 Å². The second-order valence-corrected chi connectivity index (χ2v) is 4.37. The molecule has 0 aliphatic carbocycles. The van der Waals surface area contributed by atoms with Crippen LogP contribution in [0.15, 0.2) is 5.38 Å². The summed E-state index contributed by atoms with van der Waals surface area (Å²) in [5.74, 6) is -0.128. The number of aliphatic hydroxyl groups is 1. The van der Waals surface area contributed by atoms with Crippen molar-refractivity contribution in [2.24, 2.45) is 0 Å². The van der Waals surface area contributed by atoms with Gasteiger partial charge < -0.3 is 5.11 Å². The maximum atomic E-state index is 11.4. The van der Waals surface area contributed by atoms with Crippen molar-refractivity contribution in [3.05, 3.63) is 16.1 Å². The van der Waals surface area contributed by atoms with Gasteiger partial charge in [0.25, 0.3) is 0 Å². The van der Waals surface area contributed by atoms with Gasteiger partial charge >= 0.3 is 0 Å². The van der Waals surface area contributed by atoms with Gasteiger partial charge in [-0.1, -0.05) is 13.3 Å². The first-order valence-electron chi connectivity index (χ1n) is 4.75. The molecule has 0 amide bonds. The topological polar surface area (TPSA) is 50.2 Å². The molecule has 0 spiro atoms. The van der Waals surface area contributed by atoms with Crippen molar-refractivity contribution >= 4 is 17.1 Å². The maximum Gasteiger partial charge on any atom is 0.167 e. The number of ketones is 1. The van der Waals surface area contributed by atoms with E-state index in [1.54, 1.807) is 0 Å². The van der Waals surface area contributed by atoms with E-state index in [4.69, 9.17) is 0 Å². The summed E-state index contributed by atoms with van der Waals surface area (Å²) in [6.45, 7) is 3.85. The van der Waals surface area contributed by atoms with Crippen molar-refractivity contribution in [2.75, 3.05) is 0 Å². The Morgan fingerprint density at radius 3 is 2.93 bits per heavy atom. The van der Waals surface area contributed by atoms with Crippen LogP contribution in [0.2, 0.25) is 0 Å². The van der Waals surface area contributed by atoms with Crippen molar-refractivity contribution in [1.82, 2.24) is 4.98 Å². The molecule has 1 heterocycles. The lowest BCUT2D eigenvalue weighted by atomic mass is 10.1. The van der Waals surface area contributed by atoms with Crippen LogP contribution in [0.25, 0.3) is 0 Å². The smallest absolute Gasteiger partial charge is 0.167 e. The largest absolute Gasteiger partial charge is 0.385 e. The summed E-state index contributed by atoms with van der Waals surface area (Å²) in [4.78, 5) is 15.6. The number of rotatable bonds is 5. The van der Waals surface area contributed by atoms with Crippen molar-refractivity contribution in [1.29, 1.82) is 0 Å². The highest BCUT2D eigenvalue weighted by molar-refractivity contribution is 7.09. The predicted octanol–water partition coefficient (Wildman–Crippen LogP) is 1.72. The van der Waals surface area contributed by atoms with Crippen LogP contribution in [-0.2, 0) is 11.2 Å². The van der Waals surface area contributed by atoms with E-state index in [1.807, 2.05) is 19.2 Å². The van der Waals surface area contributed by atoms with Crippen LogP contribution in [0.4, 0.5) is 0 Å². The number of aliphatic hydroxyl groups excluding tert-OH is 1. The molecule has 78 valence electrons. The fourth-order valence-corrected chi connectivity index (χ4v) is 1.83. The van der Waals surface area contributed by atoms with Crippen molar-refractivity contribution in [3.63, 3.8) is 0 Å². The third-order valence-electron chi connectivity index (χ3n) is 1.96. The monoisotopic (exact) mass is 213 g/mol. The second-order valence-electron chi connectivity index (χ2n) is 3.31. The quantitative estimate of drug-likeness (QED) is 0.810. The first-order valence-corrected chi connectivity index (χ1v) is 5.63. The number of Topliss-reactive ketones (excluding diaryl/α,β-unsaturated/α-hetero) is 1. The first-order chi connectivity index (χ1) is 6.63.